The Labute approximate surface area is 150 Å². The second-order valence-electron chi connectivity index (χ2n) is 5.42. The summed E-state index contributed by atoms with van der Waals surface area (Å²) in [6.45, 7) is 1.90. The number of anilines is 3. The molecule has 0 aliphatic rings. The third kappa shape index (κ3) is 2.97. The van der Waals surface area contributed by atoms with Crippen LogP contribution in [-0.4, -0.2) is 31.1 Å². The van der Waals surface area contributed by atoms with E-state index in [-0.39, 0.29) is 11.7 Å². The van der Waals surface area contributed by atoms with Crippen molar-refractivity contribution in [3.63, 3.8) is 0 Å². The van der Waals surface area contributed by atoms with Gasteiger partial charge in [-0.3, -0.25) is 9.89 Å². The Morgan fingerprint density at radius 3 is 2.96 bits per heavy atom. The number of nitrogens with zero attached hydrogens (tertiary/aromatic N) is 4. The van der Waals surface area contributed by atoms with Crippen molar-refractivity contribution in [1.29, 1.82) is 0 Å². The Morgan fingerprint density at radius 1 is 1.23 bits per heavy atom. The maximum absolute atomic E-state index is 13.6. The zero-order valence-electron chi connectivity index (χ0n) is 13.4. The number of amides is 1. The maximum atomic E-state index is 13.6. The number of aromatic amines is 1. The van der Waals surface area contributed by atoms with Gasteiger partial charge in [0.2, 0.25) is 0 Å². The van der Waals surface area contributed by atoms with Gasteiger partial charge in [0.25, 0.3) is 5.91 Å². The Morgan fingerprint density at radius 2 is 2.12 bits per heavy atom. The van der Waals surface area contributed by atoms with Gasteiger partial charge in [-0.15, -0.1) is 0 Å². The first-order valence-corrected chi connectivity index (χ1v) is 8.36. The summed E-state index contributed by atoms with van der Waals surface area (Å²) in [5, 5.41) is 13.7. The van der Waals surface area contributed by atoms with Crippen LogP contribution < -0.4 is 10.6 Å². The van der Waals surface area contributed by atoms with Crippen molar-refractivity contribution < 1.29 is 9.18 Å². The number of benzene rings is 1. The van der Waals surface area contributed by atoms with Crippen LogP contribution in [-0.2, 0) is 0 Å². The summed E-state index contributed by atoms with van der Waals surface area (Å²) in [7, 11) is 0. The summed E-state index contributed by atoms with van der Waals surface area (Å²) in [4.78, 5) is 24.4. The normalized spacial score (nSPS) is 10.8. The van der Waals surface area contributed by atoms with Crippen LogP contribution in [0, 0.1) is 12.7 Å². The first kappa shape index (κ1) is 16.1. The molecule has 0 fully saturated rings. The molecule has 1 amide bonds. The molecule has 3 heterocycles. The first-order chi connectivity index (χ1) is 12.6. The summed E-state index contributed by atoms with van der Waals surface area (Å²) in [6.07, 6.45) is 5.35. The van der Waals surface area contributed by atoms with Crippen molar-refractivity contribution >= 4 is 44.8 Å². The van der Waals surface area contributed by atoms with Crippen molar-refractivity contribution in [2.45, 2.75) is 6.92 Å². The van der Waals surface area contributed by atoms with E-state index in [1.54, 1.807) is 6.20 Å². The number of carbonyl (C=O) groups excluding carboxylic acids is 1. The average Bonchev–Trinajstić information content (AvgIpc) is 3.29. The summed E-state index contributed by atoms with van der Waals surface area (Å²) in [6, 6.07) is 3.80. The standard InChI is InChI=1S/C16H12FN7OS/c1-8-2-3-11-9(4-21-24-11)13(8)22-15(25)12-6-19-16(26-12)23-14-10(17)5-18-7-20-14/h2-7H,1H3,(H,21,24)(H,22,25)(H,18,19,20,23). The molecule has 0 radical (unpaired) electrons. The van der Waals surface area contributed by atoms with E-state index in [1.165, 1.54) is 12.5 Å². The number of aryl methyl sites for hydroxylation is 1. The second kappa shape index (κ2) is 6.48. The van der Waals surface area contributed by atoms with Gasteiger partial charge in [0.15, 0.2) is 16.8 Å². The summed E-state index contributed by atoms with van der Waals surface area (Å²) >= 11 is 1.09. The molecule has 0 bridgehead atoms. The molecule has 0 atom stereocenters. The number of rotatable bonds is 4. The third-order valence-electron chi connectivity index (χ3n) is 3.69. The van der Waals surface area contributed by atoms with E-state index in [9.17, 15) is 9.18 Å². The minimum Gasteiger partial charge on any atom is -0.320 e. The van der Waals surface area contributed by atoms with E-state index in [2.05, 4.69) is 35.8 Å². The van der Waals surface area contributed by atoms with Crippen LogP contribution in [0.1, 0.15) is 15.2 Å². The van der Waals surface area contributed by atoms with Crippen LogP contribution >= 0.6 is 11.3 Å². The first-order valence-electron chi connectivity index (χ1n) is 7.54. The molecule has 0 aliphatic carbocycles. The van der Waals surface area contributed by atoms with Crippen LogP contribution in [0.15, 0.2) is 37.1 Å². The molecule has 0 spiro atoms. The van der Waals surface area contributed by atoms with Gasteiger partial charge in [0.05, 0.1) is 29.8 Å². The highest BCUT2D eigenvalue weighted by atomic mass is 32.1. The van der Waals surface area contributed by atoms with E-state index >= 15 is 0 Å². The molecule has 4 rings (SSSR count). The maximum Gasteiger partial charge on any atom is 0.267 e. The third-order valence-corrected chi connectivity index (χ3v) is 4.60. The highest BCUT2D eigenvalue weighted by Gasteiger charge is 2.15. The van der Waals surface area contributed by atoms with Gasteiger partial charge in [-0.05, 0) is 18.6 Å². The zero-order valence-corrected chi connectivity index (χ0v) is 14.3. The predicted molar refractivity (Wildman–Crippen MR) is 96.2 cm³/mol. The van der Waals surface area contributed by atoms with E-state index < -0.39 is 5.82 Å². The highest BCUT2D eigenvalue weighted by Crippen LogP contribution is 2.28. The minimum atomic E-state index is -0.601. The fourth-order valence-electron chi connectivity index (χ4n) is 2.41. The van der Waals surface area contributed by atoms with Gasteiger partial charge in [-0.25, -0.2) is 19.3 Å². The van der Waals surface area contributed by atoms with E-state index in [0.29, 0.717) is 15.7 Å². The number of carbonyl (C=O) groups is 1. The van der Waals surface area contributed by atoms with Gasteiger partial charge in [-0.2, -0.15) is 5.10 Å². The van der Waals surface area contributed by atoms with Crippen molar-refractivity contribution in [2.75, 3.05) is 10.6 Å². The lowest BCUT2D eigenvalue weighted by Gasteiger charge is -2.08. The Kier molecular flexibility index (Phi) is 4.01. The topological polar surface area (TPSA) is 108 Å². The minimum absolute atomic E-state index is 0.000294. The number of aromatic nitrogens is 5. The molecule has 8 nitrogen and oxygen atoms in total. The van der Waals surface area contributed by atoms with Crippen LogP contribution in [0.4, 0.5) is 21.0 Å². The van der Waals surface area contributed by atoms with Crippen molar-refractivity contribution in [1.82, 2.24) is 25.1 Å². The van der Waals surface area contributed by atoms with Gasteiger partial charge in [-0.1, -0.05) is 17.4 Å². The summed E-state index contributed by atoms with van der Waals surface area (Å²) in [5.41, 5.74) is 2.43. The molecule has 130 valence electrons. The van der Waals surface area contributed by atoms with Crippen LogP contribution in [0.2, 0.25) is 0 Å². The summed E-state index contributed by atoms with van der Waals surface area (Å²) < 4.78 is 13.6. The quantitative estimate of drug-likeness (QED) is 0.509. The number of hydrogen-bond donors (Lipinski definition) is 3. The average molecular weight is 369 g/mol. The molecule has 4 aromatic rings. The molecule has 0 unspecified atom stereocenters. The lowest BCUT2D eigenvalue weighted by Crippen LogP contribution is -2.11. The largest absolute Gasteiger partial charge is 0.320 e. The number of H-pyrrole nitrogens is 1. The number of fused-ring (bicyclic) bond motifs is 1. The van der Waals surface area contributed by atoms with Crippen LogP contribution in [0.5, 0.6) is 0 Å². The van der Waals surface area contributed by atoms with E-state index in [0.717, 1.165) is 34.0 Å². The number of hydrogen-bond acceptors (Lipinski definition) is 7. The van der Waals surface area contributed by atoms with Gasteiger partial charge in [0, 0.05) is 5.39 Å². The molecule has 26 heavy (non-hydrogen) atoms. The number of nitrogens with one attached hydrogen (secondary N) is 3. The molecular formula is C16H12FN7OS. The molecule has 1 aromatic carbocycles. The molecule has 0 saturated heterocycles. The smallest absolute Gasteiger partial charge is 0.267 e. The molecule has 0 saturated carbocycles. The second-order valence-corrected chi connectivity index (χ2v) is 6.45. The monoisotopic (exact) mass is 369 g/mol. The van der Waals surface area contributed by atoms with E-state index in [1.807, 2.05) is 19.1 Å². The van der Waals surface area contributed by atoms with Gasteiger partial charge < -0.3 is 10.6 Å². The Bertz CT molecular complexity index is 1110. The zero-order chi connectivity index (χ0) is 18.1. The van der Waals surface area contributed by atoms with E-state index in [4.69, 9.17) is 0 Å². The molecule has 3 aromatic heterocycles. The highest BCUT2D eigenvalue weighted by molar-refractivity contribution is 7.17. The lowest BCUT2D eigenvalue weighted by molar-refractivity contribution is 0.103. The molecular weight excluding hydrogens is 357 g/mol. The van der Waals surface area contributed by atoms with Crippen molar-refractivity contribution in [3.05, 3.63) is 53.3 Å². The van der Waals surface area contributed by atoms with Crippen LogP contribution in [0.25, 0.3) is 10.9 Å². The fraction of sp³-hybridized carbons (Fsp3) is 0.0625. The Hall–Kier alpha value is -3.40. The van der Waals surface area contributed by atoms with Gasteiger partial charge >= 0.3 is 0 Å². The van der Waals surface area contributed by atoms with Gasteiger partial charge in [0.1, 0.15) is 11.2 Å². The molecule has 3 N–H and O–H groups in total. The Balaban J connectivity index is 1.56. The molecule has 10 heteroatoms. The summed E-state index contributed by atoms with van der Waals surface area (Å²) in [5.74, 6) is -0.910. The van der Waals surface area contributed by atoms with Crippen molar-refractivity contribution in [3.8, 4) is 0 Å². The predicted octanol–water partition coefficient (Wildman–Crippen LogP) is 3.25. The number of thiazole rings is 1. The molecule has 0 aliphatic heterocycles. The SMILES string of the molecule is Cc1ccc2[nH]ncc2c1NC(=O)c1cnc(Nc2ncncc2F)s1. The number of halogens is 1. The lowest BCUT2D eigenvalue weighted by atomic mass is 10.1. The van der Waals surface area contributed by atoms with Crippen LogP contribution in [0.3, 0.4) is 0 Å². The fourth-order valence-corrected chi connectivity index (χ4v) is 3.12. The van der Waals surface area contributed by atoms with Crippen molar-refractivity contribution in [2.24, 2.45) is 0 Å².